The second-order valence-electron chi connectivity index (χ2n) is 9.03. The molecule has 150 valence electrons. The second kappa shape index (κ2) is 9.15. The molecule has 0 spiro atoms. The first kappa shape index (κ1) is 21.8. The molecule has 2 rings (SSSR count). The Morgan fingerprint density at radius 2 is 1.70 bits per heavy atom. The summed E-state index contributed by atoms with van der Waals surface area (Å²) in [6.45, 7) is 13.1. The maximum atomic E-state index is 14.1. The molecule has 4 heteroatoms. The van der Waals surface area contributed by atoms with Crippen LogP contribution in [0.25, 0.3) is 0 Å². The van der Waals surface area contributed by atoms with E-state index in [0.29, 0.717) is 17.4 Å². The Morgan fingerprint density at radius 1 is 1.04 bits per heavy atom. The summed E-state index contributed by atoms with van der Waals surface area (Å²) in [4.78, 5) is 0. The number of hydrogen-bond acceptors (Lipinski definition) is 3. The van der Waals surface area contributed by atoms with Crippen LogP contribution in [-0.4, -0.2) is 5.66 Å². The van der Waals surface area contributed by atoms with Crippen molar-refractivity contribution in [1.29, 1.82) is 0 Å². The molecule has 1 aromatic carbocycles. The molecule has 0 N–H and O–H groups in total. The summed E-state index contributed by atoms with van der Waals surface area (Å²) in [6.07, 6.45) is 8.83. The van der Waals surface area contributed by atoms with Crippen LogP contribution >= 0.6 is 7.60 Å². The monoisotopic (exact) mass is 390 g/mol. The zero-order chi connectivity index (χ0) is 20.1. The summed E-state index contributed by atoms with van der Waals surface area (Å²) >= 11 is 0. The summed E-state index contributed by atoms with van der Waals surface area (Å²) in [7, 11) is -3.42. The van der Waals surface area contributed by atoms with Crippen molar-refractivity contribution >= 4 is 7.60 Å². The average molecular weight is 391 g/mol. The fraction of sp³-hybridized carbons (Fsp3) is 0.565. The van der Waals surface area contributed by atoms with E-state index in [1.54, 1.807) is 0 Å². The molecule has 0 radical (unpaired) electrons. The van der Waals surface area contributed by atoms with Crippen molar-refractivity contribution in [2.24, 2.45) is 17.3 Å². The smallest absolute Gasteiger partial charge is 0.416 e. The lowest BCUT2D eigenvalue weighted by Crippen LogP contribution is -2.29. The van der Waals surface area contributed by atoms with E-state index in [1.165, 1.54) is 0 Å². The first-order valence-electron chi connectivity index (χ1n) is 10.0. The summed E-state index contributed by atoms with van der Waals surface area (Å²) < 4.78 is 26.2. The third-order valence-electron chi connectivity index (χ3n) is 4.99. The van der Waals surface area contributed by atoms with E-state index in [-0.39, 0.29) is 17.0 Å². The number of hydrogen-bond donors (Lipinski definition) is 0. The Balaban J connectivity index is 2.35. The lowest BCUT2D eigenvalue weighted by Gasteiger charge is -2.36. The van der Waals surface area contributed by atoms with E-state index < -0.39 is 7.60 Å². The molecule has 0 aliphatic heterocycles. The lowest BCUT2D eigenvalue weighted by atomic mass is 9.78. The second-order valence-corrected chi connectivity index (χ2v) is 11.3. The van der Waals surface area contributed by atoms with E-state index >= 15 is 0 Å². The largest absolute Gasteiger partial charge is 0.433 e. The van der Waals surface area contributed by atoms with Crippen molar-refractivity contribution in [2.75, 3.05) is 0 Å². The predicted molar refractivity (Wildman–Crippen MR) is 114 cm³/mol. The van der Waals surface area contributed by atoms with E-state index in [2.05, 4.69) is 40.7 Å². The highest BCUT2D eigenvalue weighted by molar-refractivity contribution is 7.55. The van der Waals surface area contributed by atoms with E-state index in [0.717, 1.165) is 19.3 Å². The van der Waals surface area contributed by atoms with Gasteiger partial charge in [0.05, 0.1) is 5.66 Å². The molecule has 0 amide bonds. The van der Waals surface area contributed by atoms with Crippen LogP contribution in [0.4, 0.5) is 0 Å². The van der Waals surface area contributed by atoms with Gasteiger partial charge in [0.1, 0.15) is 11.5 Å². The van der Waals surface area contributed by atoms with Crippen LogP contribution in [0.5, 0.6) is 5.75 Å². The molecular formula is C23H35O3P. The predicted octanol–water partition coefficient (Wildman–Crippen LogP) is 7.61. The molecule has 1 aliphatic carbocycles. The van der Waals surface area contributed by atoms with Crippen molar-refractivity contribution in [1.82, 2.24) is 0 Å². The summed E-state index contributed by atoms with van der Waals surface area (Å²) in [5.41, 5.74) is -0.0710. The van der Waals surface area contributed by atoms with Crippen molar-refractivity contribution in [2.45, 2.75) is 66.5 Å². The van der Waals surface area contributed by atoms with Gasteiger partial charge in [0.25, 0.3) is 0 Å². The third kappa shape index (κ3) is 6.57. The molecule has 1 aliphatic rings. The van der Waals surface area contributed by atoms with Crippen molar-refractivity contribution in [3.05, 3.63) is 54.3 Å². The van der Waals surface area contributed by atoms with E-state index in [4.69, 9.17) is 9.05 Å². The van der Waals surface area contributed by atoms with E-state index in [9.17, 15) is 4.57 Å². The van der Waals surface area contributed by atoms with Crippen LogP contribution in [0.1, 0.15) is 60.8 Å². The zero-order valence-corrected chi connectivity index (χ0v) is 18.5. The molecule has 3 atom stereocenters. The summed E-state index contributed by atoms with van der Waals surface area (Å²) in [6, 6.07) is 9.37. The minimum Gasteiger partial charge on any atom is -0.416 e. The highest BCUT2D eigenvalue weighted by Gasteiger charge is 2.43. The maximum absolute atomic E-state index is 14.1. The quantitative estimate of drug-likeness (QED) is 0.429. The Morgan fingerprint density at radius 3 is 2.22 bits per heavy atom. The highest BCUT2D eigenvalue weighted by atomic mass is 31.2. The number of para-hydroxylation sites is 1. The van der Waals surface area contributed by atoms with Crippen molar-refractivity contribution in [3.63, 3.8) is 0 Å². The number of benzene rings is 1. The van der Waals surface area contributed by atoms with Gasteiger partial charge in [-0.25, -0.2) is 4.57 Å². The fourth-order valence-electron chi connectivity index (χ4n) is 3.52. The molecule has 1 aromatic rings. The van der Waals surface area contributed by atoms with Crippen LogP contribution in [0, 0.1) is 17.3 Å². The molecule has 0 saturated heterocycles. The number of allylic oxidation sites excluding steroid dienone is 3. The highest BCUT2D eigenvalue weighted by Crippen LogP contribution is 2.59. The Kier molecular flexibility index (Phi) is 7.40. The van der Waals surface area contributed by atoms with Crippen LogP contribution in [0.15, 0.2) is 54.3 Å². The standard InChI is InChI=1S/C23H35O3P/c1-18(2)22(17-23(4,5)6)19(3)27(24,25-20-13-9-7-10-14-20)26-21-15-11-8-12-16-21/h7,9-11,13-16,18-19,22H,8,12,17H2,1-6H3. The van der Waals surface area contributed by atoms with Gasteiger partial charge in [-0.05, 0) is 67.7 Å². The van der Waals surface area contributed by atoms with E-state index in [1.807, 2.05) is 49.4 Å². The number of rotatable bonds is 8. The van der Waals surface area contributed by atoms with Gasteiger partial charge in [-0.15, -0.1) is 0 Å². The minimum atomic E-state index is -3.42. The van der Waals surface area contributed by atoms with Gasteiger partial charge in [-0.2, -0.15) is 0 Å². The average Bonchev–Trinajstić information content (AvgIpc) is 2.60. The van der Waals surface area contributed by atoms with Gasteiger partial charge >= 0.3 is 7.60 Å². The Bertz CT molecular complexity index is 698. The lowest BCUT2D eigenvalue weighted by molar-refractivity contribution is 0.219. The topological polar surface area (TPSA) is 35.5 Å². The maximum Gasteiger partial charge on any atom is 0.433 e. The van der Waals surface area contributed by atoms with Gasteiger partial charge in [0, 0.05) is 0 Å². The molecule has 27 heavy (non-hydrogen) atoms. The van der Waals surface area contributed by atoms with Crippen LogP contribution in [0.3, 0.4) is 0 Å². The zero-order valence-electron chi connectivity index (χ0n) is 17.6. The third-order valence-corrected chi connectivity index (χ3v) is 7.30. The minimum absolute atomic E-state index is 0.144. The first-order chi connectivity index (χ1) is 12.6. The van der Waals surface area contributed by atoms with Crippen LogP contribution in [-0.2, 0) is 9.09 Å². The SMILES string of the molecule is CC(C)C(CC(C)(C)C)C(C)P(=O)(OC1=CCCC=C1)Oc1ccccc1. The Hall–Kier alpha value is -1.47. The van der Waals surface area contributed by atoms with Crippen molar-refractivity contribution in [3.8, 4) is 5.75 Å². The van der Waals surface area contributed by atoms with Crippen molar-refractivity contribution < 1.29 is 13.6 Å². The van der Waals surface area contributed by atoms with Gasteiger partial charge in [-0.1, -0.05) is 58.9 Å². The molecule has 0 heterocycles. The summed E-state index contributed by atoms with van der Waals surface area (Å²) in [5, 5.41) is 0. The molecular weight excluding hydrogens is 355 g/mol. The van der Waals surface area contributed by atoms with Crippen LogP contribution < -0.4 is 4.52 Å². The molecule has 0 saturated carbocycles. The van der Waals surface area contributed by atoms with Crippen LogP contribution in [0.2, 0.25) is 0 Å². The van der Waals surface area contributed by atoms with Gasteiger partial charge < -0.3 is 9.05 Å². The van der Waals surface area contributed by atoms with Gasteiger partial charge in [0.2, 0.25) is 0 Å². The molecule has 3 unspecified atom stereocenters. The first-order valence-corrected chi connectivity index (χ1v) is 11.6. The molecule has 0 aromatic heterocycles. The van der Waals surface area contributed by atoms with Gasteiger partial charge in [-0.3, -0.25) is 0 Å². The Labute approximate surface area is 165 Å². The molecule has 0 bridgehead atoms. The molecule has 3 nitrogen and oxygen atoms in total. The van der Waals surface area contributed by atoms with Gasteiger partial charge in [0.15, 0.2) is 0 Å². The summed E-state index contributed by atoms with van der Waals surface area (Å²) in [5.74, 6) is 1.86. The molecule has 0 fully saturated rings. The fourth-order valence-corrected chi connectivity index (χ4v) is 5.66. The normalized spacial score (nSPS) is 19.1.